The molecular weight excluding hydrogens is 164 g/mol. The normalized spacial score (nSPS) is 15.2. The highest BCUT2D eigenvalue weighted by atomic mass is 35.5. The van der Waals surface area contributed by atoms with Gasteiger partial charge in [-0.05, 0) is 18.0 Å². The Balaban J connectivity index is 2.60. The summed E-state index contributed by atoms with van der Waals surface area (Å²) in [7, 11) is 0. The van der Waals surface area contributed by atoms with Gasteiger partial charge in [0, 0.05) is 18.2 Å². The van der Waals surface area contributed by atoms with Gasteiger partial charge in [-0.1, -0.05) is 0 Å². The van der Waals surface area contributed by atoms with E-state index in [-0.39, 0.29) is 11.1 Å². The highest BCUT2D eigenvalue weighted by molar-refractivity contribution is 6.28. The van der Waals surface area contributed by atoms with Crippen LogP contribution in [0.4, 0.5) is 0 Å². The number of halogens is 1. The van der Waals surface area contributed by atoms with Crippen molar-refractivity contribution < 1.29 is 4.79 Å². The summed E-state index contributed by atoms with van der Waals surface area (Å²) in [5.74, 6) is 0.0734. The maximum Gasteiger partial charge on any atom is 0.223 e. The Bertz CT molecular complexity index is 324. The zero-order valence-electron chi connectivity index (χ0n) is 5.67. The van der Waals surface area contributed by atoms with Crippen LogP contribution in [0.15, 0.2) is 6.20 Å². The molecule has 0 atom stereocenters. The number of carbonyl (C=O) groups excluding carboxylic acids is 1. The fourth-order valence-corrected chi connectivity index (χ4v) is 1.31. The quantitative estimate of drug-likeness (QED) is 0.548. The molecule has 4 heteroatoms. The maximum atomic E-state index is 11.1. The van der Waals surface area contributed by atoms with Gasteiger partial charge in [-0.2, -0.15) is 0 Å². The Labute approximate surface area is 68.4 Å². The van der Waals surface area contributed by atoms with E-state index in [1.54, 1.807) is 6.20 Å². The largest absolute Gasteiger partial charge is 0.292 e. The maximum absolute atomic E-state index is 11.1. The minimum atomic E-state index is 0.0734. The molecule has 1 heterocycles. The lowest BCUT2D eigenvalue weighted by atomic mass is 10.3. The summed E-state index contributed by atoms with van der Waals surface area (Å²) in [5, 5.41) is 0.152. The molecule has 1 aliphatic carbocycles. The second kappa shape index (κ2) is 2.27. The third-order valence-electron chi connectivity index (χ3n) is 1.72. The Morgan fingerprint density at radius 2 is 2.27 bits per heavy atom. The molecule has 1 aliphatic rings. The Kier molecular flexibility index (Phi) is 1.39. The number of carbonyl (C=O) groups is 1. The lowest BCUT2D eigenvalue weighted by Gasteiger charge is -1.93. The number of rotatable bonds is 0. The van der Waals surface area contributed by atoms with E-state index in [1.165, 1.54) is 0 Å². The lowest BCUT2D eigenvalue weighted by molar-refractivity contribution is 0.0990. The number of aryl methyl sites for hydroxylation is 1. The number of fused-ring (bicyclic) bond motifs is 1. The van der Waals surface area contributed by atoms with Gasteiger partial charge in [-0.15, -0.1) is 0 Å². The fraction of sp³-hybridized carbons (Fsp3) is 0.286. The second-order valence-corrected chi connectivity index (χ2v) is 2.77. The van der Waals surface area contributed by atoms with E-state index >= 15 is 0 Å². The summed E-state index contributed by atoms with van der Waals surface area (Å²) in [6.07, 6.45) is 2.92. The number of ketones is 1. The molecule has 0 radical (unpaired) electrons. The molecule has 2 rings (SSSR count). The molecule has 0 unspecified atom stereocenters. The van der Waals surface area contributed by atoms with Crippen LogP contribution in [0.2, 0.25) is 5.28 Å². The molecular formula is C7H5ClN2O. The molecule has 0 saturated heterocycles. The van der Waals surface area contributed by atoms with Gasteiger partial charge in [0.2, 0.25) is 5.28 Å². The van der Waals surface area contributed by atoms with E-state index in [9.17, 15) is 4.79 Å². The summed E-state index contributed by atoms with van der Waals surface area (Å²) in [4.78, 5) is 18.7. The van der Waals surface area contributed by atoms with Gasteiger partial charge in [0.1, 0.15) is 5.69 Å². The molecule has 3 nitrogen and oxygen atoms in total. The van der Waals surface area contributed by atoms with Crippen LogP contribution in [0.25, 0.3) is 0 Å². The van der Waals surface area contributed by atoms with E-state index in [0.717, 1.165) is 12.0 Å². The van der Waals surface area contributed by atoms with Crippen LogP contribution in [-0.4, -0.2) is 15.8 Å². The zero-order chi connectivity index (χ0) is 7.84. The summed E-state index contributed by atoms with van der Waals surface area (Å²) in [6, 6.07) is 0. The molecule has 0 N–H and O–H groups in total. The molecule has 0 saturated carbocycles. The van der Waals surface area contributed by atoms with Crippen LogP contribution >= 0.6 is 11.6 Å². The van der Waals surface area contributed by atoms with Crippen molar-refractivity contribution in [3.63, 3.8) is 0 Å². The number of hydrogen-bond acceptors (Lipinski definition) is 3. The highest BCUT2D eigenvalue weighted by Gasteiger charge is 2.21. The van der Waals surface area contributed by atoms with E-state index in [0.29, 0.717) is 12.1 Å². The van der Waals surface area contributed by atoms with Gasteiger partial charge in [0.25, 0.3) is 0 Å². The van der Waals surface area contributed by atoms with Gasteiger partial charge < -0.3 is 0 Å². The van der Waals surface area contributed by atoms with Crippen molar-refractivity contribution in [3.8, 4) is 0 Å². The Morgan fingerprint density at radius 1 is 1.45 bits per heavy atom. The molecule has 0 amide bonds. The highest BCUT2D eigenvalue weighted by Crippen LogP contribution is 2.19. The molecule has 0 aliphatic heterocycles. The van der Waals surface area contributed by atoms with E-state index < -0.39 is 0 Å². The molecule has 0 bridgehead atoms. The minimum Gasteiger partial charge on any atom is -0.292 e. The standard InChI is InChI=1S/C7H5ClN2O/c8-7-9-3-4-1-2-5(11)6(4)10-7/h3H,1-2H2. The van der Waals surface area contributed by atoms with E-state index in [4.69, 9.17) is 11.6 Å². The molecule has 0 spiro atoms. The van der Waals surface area contributed by atoms with Gasteiger partial charge in [0.15, 0.2) is 5.78 Å². The average molecular weight is 169 g/mol. The number of aromatic nitrogens is 2. The van der Waals surface area contributed by atoms with Crippen LogP contribution in [0, 0.1) is 0 Å². The van der Waals surface area contributed by atoms with Crippen molar-refractivity contribution in [2.75, 3.05) is 0 Å². The van der Waals surface area contributed by atoms with Crippen LogP contribution in [0.3, 0.4) is 0 Å². The third-order valence-corrected chi connectivity index (χ3v) is 1.90. The topological polar surface area (TPSA) is 42.9 Å². The summed E-state index contributed by atoms with van der Waals surface area (Å²) in [5.41, 5.74) is 1.42. The molecule has 56 valence electrons. The smallest absolute Gasteiger partial charge is 0.223 e. The number of nitrogens with zero attached hydrogens (tertiary/aromatic N) is 2. The zero-order valence-corrected chi connectivity index (χ0v) is 6.43. The lowest BCUT2D eigenvalue weighted by Crippen LogP contribution is -1.96. The van der Waals surface area contributed by atoms with Crippen molar-refractivity contribution >= 4 is 17.4 Å². The van der Waals surface area contributed by atoms with Crippen LogP contribution < -0.4 is 0 Å². The molecule has 0 fully saturated rings. The average Bonchev–Trinajstić information content (AvgIpc) is 2.33. The van der Waals surface area contributed by atoms with Crippen LogP contribution in [0.1, 0.15) is 22.5 Å². The van der Waals surface area contributed by atoms with Gasteiger partial charge in [-0.3, -0.25) is 4.79 Å². The van der Waals surface area contributed by atoms with Crippen molar-refractivity contribution in [1.29, 1.82) is 0 Å². The van der Waals surface area contributed by atoms with Gasteiger partial charge in [-0.25, -0.2) is 9.97 Å². The van der Waals surface area contributed by atoms with Crippen LogP contribution in [-0.2, 0) is 6.42 Å². The number of Topliss-reactive ketones (excluding diaryl/α,β-unsaturated/α-hetero) is 1. The van der Waals surface area contributed by atoms with Crippen molar-refractivity contribution in [1.82, 2.24) is 9.97 Å². The number of hydrogen-bond donors (Lipinski definition) is 0. The van der Waals surface area contributed by atoms with Crippen molar-refractivity contribution in [2.24, 2.45) is 0 Å². The molecule has 11 heavy (non-hydrogen) atoms. The molecule has 1 aromatic rings. The third kappa shape index (κ3) is 1.01. The minimum absolute atomic E-state index is 0.0734. The predicted molar refractivity (Wildman–Crippen MR) is 39.7 cm³/mol. The summed E-state index contributed by atoms with van der Waals surface area (Å²) >= 11 is 5.51. The Morgan fingerprint density at radius 3 is 3.09 bits per heavy atom. The first-order chi connectivity index (χ1) is 5.27. The second-order valence-electron chi connectivity index (χ2n) is 2.44. The van der Waals surface area contributed by atoms with Crippen molar-refractivity contribution in [3.05, 3.63) is 22.7 Å². The van der Waals surface area contributed by atoms with Crippen LogP contribution in [0.5, 0.6) is 0 Å². The predicted octanol–water partition coefficient (Wildman–Crippen LogP) is 1.26. The first-order valence-electron chi connectivity index (χ1n) is 3.32. The van der Waals surface area contributed by atoms with E-state index in [2.05, 4.69) is 9.97 Å². The van der Waals surface area contributed by atoms with Gasteiger partial charge in [0.05, 0.1) is 0 Å². The molecule has 0 aromatic carbocycles. The first-order valence-corrected chi connectivity index (χ1v) is 3.70. The summed E-state index contributed by atoms with van der Waals surface area (Å²) in [6.45, 7) is 0. The molecule has 1 aromatic heterocycles. The van der Waals surface area contributed by atoms with Crippen molar-refractivity contribution in [2.45, 2.75) is 12.8 Å². The fourth-order valence-electron chi connectivity index (χ4n) is 1.18. The SMILES string of the molecule is O=C1CCc2cnc(Cl)nc21. The summed E-state index contributed by atoms with van der Waals surface area (Å²) < 4.78 is 0. The van der Waals surface area contributed by atoms with E-state index in [1.807, 2.05) is 0 Å². The van der Waals surface area contributed by atoms with Gasteiger partial charge >= 0.3 is 0 Å². The Hall–Kier alpha value is -0.960. The monoisotopic (exact) mass is 168 g/mol. The first kappa shape index (κ1) is 6.73.